The predicted octanol–water partition coefficient (Wildman–Crippen LogP) is 5.87. The van der Waals surface area contributed by atoms with Gasteiger partial charge in [-0.1, -0.05) is 29.6 Å². The van der Waals surface area contributed by atoms with E-state index in [0.717, 1.165) is 32.4 Å². The number of aromatic nitrogens is 3. The molecule has 5 rings (SSSR count). The number of carbonyl (C=O) groups is 1. The molecule has 4 aromatic rings. The average Bonchev–Trinajstić information content (AvgIpc) is 3.27. The average molecular weight is 623 g/mol. The molecule has 0 atom stereocenters. The van der Waals surface area contributed by atoms with E-state index in [4.69, 9.17) is 27.4 Å². The van der Waals surface area contributed by atoms with Crippen molar-refractivity contribution < 1.29 is 17.4 Å². The van der Waals surface area contributed by atoms with Gasteiger partial charge in [-0.15, -0.1) is 12.4 Å². The number of hydrogen-bond donors (Lipinski definition) is 1. The minimum atomic E-state index is -4.05. The maximum absolute atomic E-state index is 13.3. The lowest BCUT2D eigenvalue weighted by Crippen LogP contribution is -2.45. The van der Waals surface area contributed by atoms with E-state index in [9.17, 15) is 13.2 Å². The molecule has 0 aliphatic carbocycles. The van der Waals surface area contributed by atoms with Gasteiger partial charge < -0.3 is 4.18 Å². The summed E-state index contributed by atoms with van der Waals surface area (Å²) in [6.45, 7) is 3.38. The molecule has 3 heterocycles. The molecule has 2 aromatic carbocycles. The second-order valence-electron chi connectivity index (χ2n) is 9.07. The Kier molecular flexibility index (Phi) is 9.37. The van der Waals surface area contributed by atoms with Gasteiger partial charge in [0.25, 0.3) is 5.91 Å². The number of pyridine rings is 1. The Bertz CT molecular complexity index is 1610. The van der Waals surface area contributed by atoms with Gasteiger partial charge in [0.1, 0.15) is 10.6 Å². The third-order valence-electron chi connectivity index (χ3n) is 6.35. The van der Waals surface area contributed by atoms with E-state index >= 15 is 0 Å². The van der Waals surface area contributed by atoms with Crippen molar-refractivity contribution in [3.8, 4) is 22.7 Å². The van der Waals surface area contributed by atoms with Gasteiger partial charge in [0, 0.05) is 41.6 Å². The number of nitrogens with one attached hydrogen (secondary N) is 1. The number of carbonyl (C=O) groups excluding carboxylic acids is 1. The molecule has 0 spiro atoms. The molecule has 0 radical (unpaired) electrons. The fraction of sp³-hybridized carbons (Fsp3) is 0.222. The van der Waals surface area contributed by atoms with Crippen molar-refractivity contribution in [2.45, 2.75) is 31.1 Å². The van der Waals surface area contributed by atoms with E-state index in [0.29, 0.717) is 32.6 Å². The van der Waals surface area contributed by atoms with Crippen LogP contribution >= 0.6 is 35.6 Å². The zero-order valence-corrected chi connectivity index (χ0v) is 24.5. The zero-order chi connectivity index (χ0) is 27.6. The molecule has 40 heavy (non-hydrogen) atoms. The molecular weight excluding hydrogens is 597 g/mol. The van der Waals surface area contributed by atoms with Crippen LogP contribution in [0, 0.1) is 6.92 Å². The van der Waals surface area contributed by atoms with E-state index in [1.807, 2.05) is 11.9 Å². The Morgan fingerprint density at radius 3 is 2.40 bits per heavy atom. The lowest BCUT2D eigenvalue weighted by Gasteiger charge is -2.26. The van der Waals surface area contributed by atoms with E-state index in [1.54, 1.807) is 35.0 Å². The quantitative estimate of drug-likeness (QED) is 0.257. The summed E-state index contributed by atoms with van der Waals surface area (Å²) in [6.07, 6.45) is 5.88. The second-order valence-corrected chi connectivity index (χ2v) is 11.5. The molecule has 13 heteroatoms. The van der Waals surface area contributed by atoms with E-state index < -0.39 is 10.1 Å². The number of nitrogens with zero attached hydrogens (tertiary/aromatic N) is 4. The number of hydrogen-bond acceptors (Lipinski definition) is 7. The SMILES string of the molecule is Cc1c(C(=O)NN2CCCCC2)nn(-c2ccc(Cl)cc2Cl)c1-c1ccc(OS(=O)(=O)c2cccnc2)cc1.Cl. The van der Waals surface area contributed by atoms with Gasteiger partial charge in [0.05, 0.1) is 16.4 Å². The van der Waals surface area contributed by atoms with Gasteiger partial charge in [-0.05, 0) is 74.4 Å². The highest BCUT2D eigenvalue weighted by Crippen LogP contribution is 2.34. The fourth-order valence-electron chi connectivity index (χ4n) is 4.42. The van der Waals surface area contributed by atoms with Crippen molar-refractivity contribution >= 4 is 51.6 Å². The minimum Gasteiger partial charge on any atom is -0.379 e. The van der Waals surface area contributed by atoms with Crippen LogP contribution in [0.1, 0.15) is 35.3 Å². The van der Waals surface area contributed by atoms with Crippen molar-refractivity contribution in [3.05, 3.63) is 88.3 Å². The van der Waals surface area contributed by atoms with Crippen LogP contribution in [-0.2, 0) is 10.1 Å². The molecular formula is C27H26Cl3N5O4S. The Balaban J connectivity index is 0.00000370. The van der Waals surface area contributed by atoms with Crippen LogP contribution in [0.5, 0.6) is 5.75 Å². The smallest absolute Gasteiger partial charge is 0.340 e. The number of rotatable bonds is 7. The summed E-state index contributed by atoms with van der Waals surface area (Å²) in [5.41, 5.74) is 5.68. The van der Waals surface area contributed by atoms with Crippen molar-refractivity contribution in [1.29, 1.82) is 0 Å². The monoisotopic (exact) mass is 621 g/mol. The highest BCUT2D eigenvalue weighted by atomic mass is 35.5. The number of hydrazine groups is 1. The zero-order valence-electron chi connectivity index (χ0n) is 21.4. The van der Waals surface area contributed by atoms with Gasteiger partial charge in [0.2, 0.25) is 0 Å². The number of amides is 1. The Hall–Kier alpha value is -3.15. The Labute approximate surface area is 248 Å². The van der Waals surface area contributed by atoms with Crippen molar-refractivity contribution in [1.82, 2.24) is 25.2 Å². The highest BCUT2D eigenvalue weighted by Gasteiger charge is 2.25. The van der Waals surface area contributed by atoms with Crippen molar-refractivity contribution in [3.63, 3.8) is 0 Å². The van der Waals surface area contributed by atoms with Gasteiger partial charge >= 0.3 is 10.1 Å². The first-order valence-electron chi connectivity index (χ1n) is 12.3. The standard InChI is InChI=1S/C27H25Cl2N5O4S.ClH/c1-18-25(27(35)32-33-14-3-2-4-15-33)31-34(24-12-9-20(28)16-23(24)29)26(18)19-7-10-21(11-8-19)38-39(36,37)22-6-5-13-30-17-22;/h5-13,16-17H,2-4,14-15H2,1H3,(H,32,35);1H. The number of halogens is 3. The minimum absolute atomic E-state index is 0. The molecule has 0 bridgehead atoms. The third-order valence-corrected chi connectivity index (χ3v) is 8.12. The van der Waals surface area contributed by atoms with Gasteiger partial charge in [-0.3, -0.25) is 15.2 Å². The van der Waals surface area contributed by atoms with Crippen molar-refractivity contribution in [2.24, 2.45) is 0 Å². The summed E-state index contributed by atoms with van der Waals surface area (Å²) in [5.74, 6) is -0.194. The molecule has 1 aliphatic heterocycles. The molecule has 1 saturated heterocycles. The maximum atomic E-state index is 13.3. The van der Waals surface area contributed by atoms with Gasteiger partial charge in [0.15, 0.2) is 5.69 Å². The third kappa shape index (κ3) is 6.42. The molecule has 210 valence electrons. The summed E-state index contributed by atoms with van der Waals surface area (Å²) in [7, 11) is -4.05. The molecule has 1 fully saturated rings. The van der Waals surface area contributed by atoms with Crippen molar-refractivity contribution in [2.75, 3.05) is 13.1 Å². The van der Waals surface area contributed by atoms with E-state index in [-0.39, 0.29) is 34.7 Å². The summed E-state index contributed by atoms with van der Waals surface area (Å²) in [6, 6.07) is 14.4. The summed E-state index contributed by atoms with van der Waals surface area (Å²) in [4.78, 5) is 17.1. The second kappa shape index (κ2) is 12.6. The van der Waals surface area contributed by atoms with E-state index in [2.05, 4.69) is 15.5 Å². The maximum Gasteiger partial charge on any atom is 0.340 e. The molecule has 1 N–H and O–H groups in total. The van der Waals surface area contributed by atoms with Gasteiger partial charge in [-0.25, -0.2) is 9.69 Å². The van der Waals surface area contributed by atoms with Gasteiger partial charge in [-0.2, -0.15) is 13.5 Å². The fourth-order valence-corrected chi connectivity index (χ4v) is 5.80. The number of piperidine rings is 1. The van der Waals surface area contributed by atoms with Crippen LogP contribution in [0.3, 0.4) is 0 Å². The lowest BCUT2D eigenvalue weighted by atomic mass is 10.1. The number of benzene rings is 2. The summed E-state index contributed by atoms with van der Waals surface area (Å²) < 4.78 is 32.1. The largest absolute Gasteiger partial charge is 0.379 e. The Morgan fingerprint density at radius 1 is 1.02 bits per heavy atom. The van der Waals surface area contributed by atoms with E-state index in [1.165, 1.54) is 36.7 Å². The summed E-state index contributed by atoms with van der Waals surface area (Å²) in [5, 5.41) is 7.39. The first-order valence-corrected chi connectivity index (χ1v) is 14.5. The molecule has 1 aliphatic rings. The summed E-state index contributed by atoms with van der Waals surface area (Å²) >= 11 is 12.7. The predicted molar refractivity (Wildman–Crippen MR) is 156 cm³/mol. The molecule has 1 amide bonds. The molecule has 0 unspecified atom stereocenters. The molecule has 0 saturated carbocycles. The van der Waals surface area contributed by atoms with Crippen LogP contribution < -0.4 is 9.61 Å². The van der Waals surface area contributed by atoms with Crippen LogP contribution in [0.25, 0.3) is 16.9 Å². The van der Waals surface area contributed by atoms with Crippen LogP contribution in [0.4, 0.5) is 0 Å². The Morgan fingerprint density at radius 2 is 1.75 bits per heavy atom. The highest BCUT2D eigenvalue weighted by molar-refractivity contribution is 7.87. The lowest BCUT2D eigenvalue weighted by molar-refractivity contribution is 0.0743. The first-order chi connectivity index (χ1) is 18.7. The molecule has 2 aromatic heterocycles. The first kappa shape index (κ1) is 29.8. The van der Waals surface area contributed by atoms with Crippen LogP contribution in [0.2, 0.25) is 10.0 Å². The van der Waals surface area contributed by atoms with Crippen LogP contribution in [0.15, 0.2) is 71.9 Å². The van der Waals surface area contributed by atoms with Crippen LogP contribution in [-0.4, -0.2) is 47.2 Å². The topological polar surface area (TPSA) is 106 Å². The normalized spacial score (nSPS) is 13.9. The molecule has 9 nitrogen and oxygen atoms in total.